The first-order valence-electron chi connectivity index (χ1n) is 7.07. The minimum absolute atomic E-state index is 0. The number of phenols is 1. The Balaban J connectivity index is 0.00000225. The summed E-state index contributed by atoms with van der Waals surface area (Å²) < 4.78 is 32.3. The van der Waals surface area contributed by atoms with Gasteiger partial charge >= 0.3 is 0 Å². The molecule has 0 atom stereocenters. The van der Waals surface area contributed by atoms with E-state index in [1.54, 1.807) is 43.3 Å². The Hall–Kier alpha value is -1.77. The number of hydrogen-bond acceptors (Lipinski definition) is 5. The number of benzene rings is 3. The first-order valence-corrected chi connectivity index (χ1v) is 8.51. The van der Waals surface area contributed by atoms with Gasteiger partial charge in [-0.2, -0.15) is 13.5 Å². The maximum absolute atomic E-state index is 11.5. The summed E-state index contributed by atoms with van der Waals surface area (Å²) in [6.45, 7) is 1.75. The van der Waals surface area contributed by atoms with Crippen molar-refractivity contribution in [1.82, 2.24) is 0 Å². The third kappa shape index (κ3) is 4.26. The summed E-state index contributed by atoms with van der Waals surface area (Å²) in [5, 5.41) is 18.7. The molecule has 6 nitrogen and oxygen atoms in total. The number of aryl methyl sites for hydroxylation is 1. The summed E-state index contributed by atoms with van der Waals surface area (Å²) in [5.41, 5.74) is 1.72. The summed E-state index contributed by atoms with van der Waals surface area (Å²) in [5.74, 6) is 0.178. The van der Waals surface area contributed by atoms with Gasteiger partial charge in [0.05, 0.1) is 11.4 Å². The average Bonchev–Trinajstić information content (AvgIpc) is 2.54. The first kappa shape index (κ1) is 19.6. The van der Waals surface area contributed by atoms with E-state index in [4.69, 9.17) is 0 Å². The van der Waals surface area contributed by atoms with Gasteiger partial charge in [0, 0.05) is 40.3 Å². The Bertz CT molecular complexity index is 1070. The van der Waals surface area contributed by atoms with Crippen molar-refractivity contribution in [3.63, 3.8) is 0 Å². The van der Waals surface area contributed by atoms with Gasteiger partial charge in [0.2, 0.25) is 0 Å². The SMILES string of the molecule is Cc1cc(N=Nc2ccc(S(=O)(=O)O)c3ccccc23)ccc1O.[Na]. The fraction of sp³-hybridized carbons (Fsp3) is 0.0588. The Labute approximate surface area is 167 Å². The Morgan fingerprint density at radius 2 is 1.60 bits per heavy atom. The number of nitrogens with zero attached hydrogens (tertiary/aromatic N) is 2. The molecule has 2 N–H and O–H groups in total. The van der Waals surface area contributed by atoms with Gasteiger partial charge in [0.15, 0.2) is 0 Å². The van der Waals surface area contributed by atoms with E-state index < -0.39 is 10.1 Å². The van der Waals surface area contributed by atoms with Crippen LogP contribution in [0.15, 0.2) is 69.7 Å². The zero-order chi connectivity index (χ0) is 17.3. The van der Waals surface area contributed by atoms with Gasteiger partial charge in [-0.25, -0.2) is 0 Å². The van der Waals surface area contributed by atoms with Crippen LogP contribution in [0.4, 0.5) is 11.4 Å². The Morgan fingerprint density at radius 3 is 2.24 bits per heavy atom. The van der Waals surface area contributed by atoms with Crippen LogP contribution in [0.2, 0.25) is 0 Å². The number of phenolic OH excluding ortho intramolecular Hbond substituents is 1. The molecule has 0 saturated heterocycles. The quantitative estimate of drug-likeness (QED) is 0.414. The van der Waals surface area contributed by atoms with E-state index in [-0.39, 0.29) is 40.2 Å². The van der Waals surface area contributed by atoms with Crippen molar-refractivity contribution in [2.45, 2.75) is 11.8 Å². The monoisotopic (exact) mass is 365 g/mol. The van der Waals surface area contributed by atoms with Crippen molar-refractivity contribution in [3.05, 3.63) is 60.2 Å². The average molecular weight is 365 g/mol. The zero-order valence-corrected chi connectivity index (χ0v) is 16.5. The molecule has 3 aromatic rings. The molecule has 0 aromatic heterocycles. The van der Waals surface area contributed by atoms with Crippen molar-refractivity contribution in [2.24, 2.45) is 10.2 Å². The predicted octanol–water partition coefficient (Wildman–Crippen LogP) is 4.14. The fourth-order valence-electron chi connectivity index (χ4n) is 2.38. The molecular formula is C17H14N2NaO4S. The van der Waals surface area contributed by atoms with Crippen LogP contribution >= 0.6 is 0 Å². The van der Waals surface area contributed by atoms with E-state index >= 15 is 0 Å². The minimum atomic E-state index is -4.32. The van der Waals surface area contributed by atoms with Crippen LogP contribution in [0.3, 0.4) is 0 Å². The molecule has 0 bridgehead atoms. The molecule has 0 aliphatic carbocycles. The van der Waals surface area contributed by atoms with Gasteiger partial charge in [0.1, 0.15) is 10.6 Å². The molecule has 0 spiro atoms. The number of azo groups is 1. The molecule has 0 heterocycles. The number of fused-ring (bicyclic) bond motifs is 1. The smallest absolute Gasteiger partial charge is 0.295 e. The molecular weight excluding hydrogens is 351 g/mol. The molecule has 8 heteroatoms. The zero-order valence-electron chi connectivity index (χ0n) is 13.7. The van der Waals surface area contributed by atoms with Crippen molar-refractivity contribution < 1.29 is 18.1 Å². The summed E-state index contributed by atoms with van der Waals surface area (Å²) in [6.07, 6.45) is 0. The van der Waals surface area contributed by atoms with Gasteiger partial charge in [-0.1, -0.05) is 24.3 Å². The number of aromatic hydroxyl groups is 1. The van der Waals surface area contributed by atoms with Crippen LogP contribution in [0.5, 0.6) is 5.75 Å². The van der Waals surface area contributed by atoms with E-state index in [1.165, 1.54) is 18.2 Å². The van der Waals surface area contributed by atoms with Crippen LogP contribution in [0, 0.1) is 6.92 Å². The minimum Gasteiger partial charge on any atom is -0.508 e. The standard InChI is InChI=1S/C17H14N2O4S.Na/c1-11-10-12(6-8-16(11)20)18-19-15-7-9-17(24(21,22)23)14-5-3-2-4-13(14)15;/h2-10,20H,1H3,(H,21,22,23);. The molecule has 0 fully saturated rings. The second-order valence-corrected chi connectivity index (χ2v) is 6.66. The van der Waals surface area contributed by atoms with Crippen molar-refractivity contribution in [2.75, 3.05) is 0 Å². The molecule has 0 aliphatic heterocycles. The summed E-state index contributed by atoms with van der Waals surface area (Å²) in [7, 11) is -4.32. The molecule has 3 rings (SSSR count). The number of rotatable bonds is 3. The van der Waals surface area contributed by atoms with Crippen LogP contribution < -0.4 is 0 Å². The third-order valence-corrected chi connectivity index (χ3v) is 4.50. The maximum atomic E-state index is 11.5. The molecule has 0 aliphatic rings. The van der Waals surface area contributed by atoms with E-state index in [0.29, 0.717) is 27.7 Å². The van der Waals surface area contributed by atoms with Gasteiger partial charge in [-0.05, 0) is 42.8 Å². The second kappa shape index (κ2) is 7.63. The van der Waals surface area contributed by atoms with E-state index in [2.05, 4.69) is 10.2 Å². The second-order valence-electron chi connectivity index (χ2n) is 5.27. The molecule has 0 saturated carbocycles. The van der Waals surface area contributed by atoms with Gasteiger partial charge < -0.3 is 5.11 Å². The maximum Gasteiger partial charge on any atom is 0.295 e. The topological polar surface area (TPSA) is 99.3 Å². The van der Waals surface area contributed by atoms with Crippen LogP contribution in [-0.2, 0) is 10.1 Å². The van der Waals surface area contributed by atoms with Gasteiger partial charge in [-0.15, -0.1) is 5.11 Å². The van der Waals surface area contributed by atoms with E-state index in [1.807, 2.05) is 0 Å². The number of hydrogen-bond donors (Lipinski definition) is 2. The molecule has 0 unspecified atom stereocenters. The van der Waals surface area contributed by atoms with Crippen LogP contribution in [0.25, 0.3) is 10.8 Å². The summed E-state index contributed by atoms with van der Waals surface area (Å²) in [4.78, 5) is -0.169. The molecule has 25 heavy (non-hydrogen) atoms. The van der Waals surface area contributed by atoms with Gasteiger partial charge in [-0.3, -0.25) is 4.55 Å². The molecule has 1 radical (unpaired) electrons. The molecule has 0 amide bonds. The van der Waals surface area contributed by atoms with Crippen molar-refractivity contribution in [1.29, 1.82) is 0 Å². The summed E-state index contributed by atoms with van der Waals surface area (Å²) in [6, 6.07) is 14.4. The van der Waals surface area contributed by atoms with Crippen LogP contribution in [-0.4, -0.2) is 47.6 Å². The Kier molecular flexibility index (Phi) is 5.97. The van der Waals surface area contributed by atoms with Crippen LogP contribution in [0.1, 0.15) is 5.56 Å². The molecule has 123 valence electrons. The van der Waals surface area contributed by atoms with Gasteiger partial charge in [0.25, 0.3) is 10.1 Å². The summed E-state index contributed by atoms with van der Waals surface area (Å²) >= 11 is 0. The molecule has 3 aromatic carbocycles. The first-order chi connectivity index (χ1) is 11.4. The van der Waals surface area contributed by atoms with Crippen molar-refractivity contribution in [3.8, 4) is 5.75 Å². The fourth-order valence-corrected chi connectivity index (χ4v) is 3.08. The largest absolute Gasteiger partial charge is 0.508 e. The third-order valence-electron chi connectivity index (χ3n) is 3.59. The van der Waals surface area contributed by atoms with E-state index in [9.17, 15) is 18.1 Å². The predicted molar refractivity (Wildman–Crippen MR) is 96.5 cm³/mol. The Morgan fingerprint density at radius 1 is 0.920 bits per heavy atom. The van der Waals surface area contributed by atoms with E-state index in [0.717, 1.165) is 0 Å². The normalized spacial score (nSPS) is 11.6. The van der Waals surface area contributed by atoms with Crippen molar-refractivity contribution >= 4 is 61.8 Å².